The van der Waals surface area contributed by atoms with Crippen LogP contribution in [0.25, 0.3) is 23.5 Å². The van der Waals surface area contributed by atoms with E-state index < -0.39 is 17.3 Å². The SMILES string of the molecule is CCOC(=O)/C=c1\s/c(=C\c2ccc(-c3ccccc3F)o2)c(=O)n1CC(=O)N1CCOCC1. The van der Waals surface area contributed by atoms with Gasteiger partial charge in [-0.2, -0.15) is 0 Å². The summed E-state index contributed by atoms with van der Waals surface area (Å²) in [6, 6.07) is 9.46. The van der Waals surface area contributed by atoms with Crippen LogP contribution in [0.15, 0.2) is 45.6 Å². The molecule has 1 amide bonds. The van der Waals surface area contributed by atoms with E-state index in [0.717, 1.165) is 11.3 Å². The zero-order chi connectivity index (χ0) is 24.1. The van der Waals surface area contributed by atoms with Crippen LogP contribution in [0.1, 0.15) is 12.7 Å². The molecule has 0 N–H and O–H groups in total. The molecule has 0 unspecified atom stereocenters. The highest BCUT2D eigenvalue weighted by atomic mass is 32.1. The Labute approximate surface area is 198 Å². The van der Waals surface area contributed by atoms with Crippen molar-refractivity contribution in [2.45, 2.75) is 13.5 Å². The van der Waals surface area contributed by atoms with Gasteiger partial charge in [0.25, 0.3) is 5.56 Å². The van der Waals surface area contributed by atoms with E-state index in [4.69, 9.17) is 13.9 Å². The summed E-state index contributed by atoms with van der Waals surface area (Å²) >= 11 is 1.04. The number of benzene rings is 1. The number of esters is 1. The Morgan fingerprint density at radius 3 is 2.68 bits per heavy atom. The first-order valence-corrected chi connectivity index (χ1v) is 11.6. The van der Waals surface area contributed by atoms with E-state index in [1.807, 2.05) is 0 Å². The van der Waals surface area contributed by atoms with Crippen LogP contribution in [0.2, 0.25) is 0 Å². The van der Waals surface area contributed by atoms with Gasteiger partial charge < -0.3 is 18.8 Å². The number of nitrogens with zero attached hydrogens (tertiary/aromatic N) is 2. The minimum atomic E-state index is -0.609. The molecule has 3 heterocycles. The lowest BCUT2D eigenvalue weighted by atomic mass is 10.1. The van der Waals surface area contributed by atoms with Crippen LogP contribution in [-0.4, -0.2) is 54.3 Å². The average molecular weight is 487 g/mol. The van der Waals surface area contributed by atoms with Crippen LogP contribution < -0.4 is 14.8 Å². The van der Waals surface area contributed by atoms with Gasteiger partial charge in [0, 0.05) is 19.2 Å². The van der Waals surface area contributed by atoms with Crippen LogP contribution >= 0.6 is 11.3 Å². The van der Waals surface area contributed by atoms with Crippen LogP contribution in [0.4, 0.5) is 4.39 Å². The molecular weight excluding hydrogens is 463 g/mol. The number of hydrogen-bond donors (Lipinski definition) is 0. The maximum absolute atomic E-state index is 14.1. The number of ether oxygens (including phenoxy) is 2. The maximum atomic E-state index is 14.1. The van der Waals surface area contributed by atoms with E-state index in [0.29, 0.717) is 43.4 Å². The highest BCUT2D eigenvalue weighted by Crippen LogP contribution is 2.24. The van der Waals surface area contributed by atoms with Gasteiger partial charge in [-0.05, 0) is 31.2 Å². The zero-order valence-electron chi connectivity index (χ0n) is 18.5. The molecule has 0 saturated carbocycles. The van der Waals surface area contributed by atoms with E-state index in [9.17, 15) is 18.8 Å². The minimum Gasteiger partial charge on any atom is -0.463 e. The third kappa shape index (κ3) is 5.35. The Hall–Kier alpha value is -3.50. The van der Waals surface area contributed by atoms with Gasteiger partial charge in [0.05, 0.1) is 36.0 Å². The number of thiazole rings is 1. The smallest absolute Gasteiger partial charge is 0.333 e. The van der Waals surface area contributed by atoms with Crippen LogP contribution in [0.5, 0.6) is 0 Å². The third-order valence-corrected chi connectivity index (χ3v) is 6.22. The first kappa shape index (κ1) is 23.7. The maximum Gasteiger partial charge on any atom is 0.333 e. The van der Waals surface area contributed by atoms with Gasteiger partial charge in [0.2, 0.25) is 5.91 Å². The fraction of sp³-hybridized carbons (Fsp3) is 0.292. The number of rotatable bonds is 6. The van der Waals surface area contributed by atoms with Crippen molar-refractivity contribution >= 4 is 35.4 Å². The number of carbonyl (C=O) groups is 2. The summed E-state index contributed by atoms with van der Waals surface area (Å²) in [4.78, 5) is 39.6. The second-order valence-electron chi connectivity index (χ2n) is 7.41. The Morgan fingerprint density at radius 1 is 1.18 bits per heavy atom. The molecule has 0 radical (unpaired) electrons. The van der Waals surface area contributed by atoms with Crippen molar-refractivity contribution in [2.24, 2.45) is 0 Å². The van der Waals surface area contributed by atoms with Gasteiger partial charge in [0.15, 0.2) is 0 Å². The molecule has 3 aromatic rings. The number of halogens is 1. The number of amides is 1. The lowest BCUT2D eigenvalue weighted by Gasteiger charge is -2.26. The molecule has 178 valence electrons. The molecule has 1 aliphatic rings. The molecule has 0 spiro atoms. The number of carbonyl (C=O) groups excluding carboxylic acids is 2. The standard InChI is InChI=1S/C24H23FN2O6S/c1-2-32-23(29)14-22-27(15-21(28)26-9-11-31-12-10-26)24(30)20(34-22)13-16-7-8-19(33-16)17-5-3-4-6-18(17)25/h3-8,13-14H,2,9-12,15H2,1H3/b20-13-,22-14-. The Kier molecular flexibility index (Phi) is 7.39. The topological polar surface area (TPSA) is 91.0 Å². The van der Waals surface area contributed by atoms with Crippen molar-refractivity contribution in [1.29, 1.82) is 0 Å². The normalized spacial score (nSPS) is 15.1. The molecule has 1 saturated heterocycles. The summed E-state index contributed by atoms with van der Waals surface area (Å²) in [6.07, 6.45) is 2.71. The van der Waals surface area contributed by atoms with Gasteiger partial charge in [-0.3, -0.25) is 14.2 Å². The second kappa shape index (κ2) is 10.6. The fourth-order valence-electron chi connectivity index (χ4n) is 3.49. The van der Waals surface area contributed by atoms with Gasteiger partial charge in [-0.1, -0.05) is 12.1 Å². The van der Waals surface area contributed by atoms with Crippen molar-refractivity contribution in [2.75, 3.05) is 32.9 Å². The summed E-state index contributed by atoms with van der Waals surface area (Å²) in [5.74, 6) is -0.612. The molecule has 1 aliphatic heterocycles. The summed E-state index contributed by atoms with van der Waals surface area (Å²) in [5.41, 5.74) is -0.135. The molecule has 10 heteroatoms. The number of furan rings is 1. The van der Waals surface area contributed by atoms with Crippen LogP contribution in [0, 0.1) is 5.82 Å². The average Bonchev–Trinajstić information content (AvgIpc) is 3.40. The van der Waals surface area contributed by atoms with Gasteiger partial charge in [0.1, 0.15) is 28.5 Å². The van der Waals surface area contributed by atoms with Crippen molar-refractivity contribution < 1.29 is 27.9 Å². The molecular formula is C24H23FN2O6S. The summed E-state index contributed by atoms with van der Waals surface area (Å²) in [6.45, 7) is 3.41. The first-order valence-electron chi connectivity index (χ1n) is 10.8. The summed E-state index contributed by atoms with van der Waals surface area (Å²) in [7, 11) is 0. The highest BCUT2D eigenvalue weighted by molar-refractivity contribution is 7.07. The van der Waals surface area contributed by atoms with Crippen molar-refractivity contribution in [3.8, 4) is 11.3 Å². The molecule has 34 heavy (non-hydrogen) atoms. The summed E-state index contributed by atoms with van der Waals surface area (Å²) in [5, 5.41) is 0. The molecule has 0 atom stereocenters. The number of hydrogen-bond acceptors (Lipinski definition) is 7. The van der Waals surface area contributed by atoms with Crippen LogP contribution in [0.3, 0.4) is 0 Å². The second-order valence-corrected chi connectivity index (χ2v) is 8.47. The molecule has 0 aliphatic carbocycles. The van der Waals surface area contributed by atoms with Crippen molar-refractivity contribution in [3.63, 3.8) is 0 Å². The number of morpholine rings is 1. The molecule has 8 nitrogen and oxygen atoms in total. The largest absolute Gasteiger partial charge is 0.463 e. The Morgan fingerprint density at radius 2 is 1.94 bits per heavy atom. The van der Waals surface area contributed by atoms with E-state index in [1.165, 1.54) is 22.8 Å². The lowest BCUT2D eigenvalue weighted by Crippen LogP contribution is -2.45. The molecule has 2 aromatic heterocycles. The molecule has 1 fully saturated rings. The number of aromatic nitrogens is 1. The lowest BCUT2D eigenvalue weighted by molar-refractivity contribution is -0.136. The summed E-state index contributed by atoms with van der Waals surface area (Å²) < 4.78 is 31.9. The monoisotopic (exact) mass is 486 g/mol. The molecule has 4 rings (SSSR count). The predicted molar refractivity (Wildman–Crippen MR) is 124 cm³/mol. The zero-order valence-corrected chi connectivity index (χ0v) is 19.3. The molecule has 1 aromatic carbocycles. The van der Waals surface area contributed by atoms with Crippen molar-refractivity contribution in [1.82, 2.24) is 9.47 Å². The minimum absolute atomic E-state index is 0.182. The fourth-order valence-corrected chi connectivity index (χ4v) is 4.50. The van der Waals surface area contributed by atoms with Gasteiger partial charge in [-0.25, -0.2) is 9.18 Å². The Bertz CT molecular complexity index is 1370. The first-order chi connectivity index (χ1) is 16.5. The van der Waals surface area contributed by atoms with E-state index in [1.54, 1.807) is 42.2 Å². The van der Waals surface area contributed by atoms with E-state index in [2.05, 4.69) is 0 Å². The van der Waals surface area contributed by atoms with E-state index >= 15 is 0 Å². The van der Waals surface area contributed by atoms with Gasteiger partial charge in [-0.15, -0.1) is 11.3 Å². The molecule has 0 bridgehead atoms. The van der Waals surface area contributed by atoms with Crippen LogP contribution in [-0.2, 0) is 25.6 Å². The van der Waals surface area contributed by atoms with E-state index in [-0.39, 0.29) is 28.3 Å². The quantitative estimate of drug-likeness (QED) is 0.489. The third-order valence-electron chi connectivity index (χ3n) is 5.16. The Balaban J connectivity index is 1.71. The predicted octanol–water partition coefficient (Wildman–Crippen LogP) is 1.34. The van der Waals surface area contributed by atoms with Gasteiger partial charge >= 0.3 is 5.97 Å². The van der Waals surface area contributed by atoms with Crippen molar-refractivity contribution in [3.05, 3.63) is 67.5 Å². The highest BCUT2D eigenvalue weighted by Gasteiger charge is 2.19.